The van der Waals surface area contributed by atoms with Crippen LogP contribution in [0, 0.1) is 0 Å². The Labute approximate surface area is 96.5 Å². The maximum Gasteiger partial charge on any atom is 0.238 e. The van der Waals surface area contributed by atoms with Gasteiger partial charge < -0.3 is 20.3 Å². The summed E-state index contributed by atoms with van der Waals surface area (Å²) in [7, 11) is 2.05. The number of nitrogens with zero attached hydrogens (tertiary/aromatic N) is 1. The molecule has 92 valence electrons. The normalized spacial score (nSPS) is 28.9. The summed E-state index contributed by atoms with van der Waals surface area (Å²) in [6.07, 6.45) is 1.88. The Kier molecular flexibility index (Phi) is 4.15. The minimum absolute atomic E-state index is 0.0541. The van der Waals surface area contributed by atoms with Crippen LogP contribution in [0.25, 0.3) is 0 Å². The first-order valence-electron chi connectivity index (χ1n) is 6.06. The van der Waals surface area contributed by atoms with Crippen LogP contribution in [0.1, 0.15) is 12.8 Å². The lowest BCUT2D eigenvalue weighted by Crippen LogP contribution is -2.57. The molecule has 16 heavy (non-hydrogen) atoms. The Bertz CT molecular complexity index is 241. The summed E-state index contributed by atoms with van der Waals surface area (Å²) in [5.41, 5.74) is 0. The lowest BCUT2D eigenvalue weighted by Gasteiger charge is -2.32. The van der Waals surface area contributed by atoms with E-state index < -0.39 is 0 Å². The van der Waals surface area contributed by atoms with Crippen LogP contribution < -0.4 is 10.6 Å². The highest BCUT2D eigenvalue weighted by atomic mass is 16.5. The minimum atomic E-state index is -0.0541. The van der Waals surface area contributed by atoms with Crippen molar-refractivity contribution < 1.29 is 9.53 Å². The van der Waals surface area contributed by atoms with Crippen molar-refractivity contribution in [1.82, 2.24) is 15.5 Å². The second-order valence-electron chi connectivity index (χ2n) is 4.66. The first kappa shape index (κ1) is 11.8. The van der Waals surface area contributed by atoms with E-state index in [1.165, 1.54) is 0 Å². The maximum atomic E-state index is 12.0. The molecular formula is C11H21N3O2. The molecule has 0 aromatic rings. The van der Waals surface area contributed by atoms with Gasteiger partial charge >= 0.3 is 0 Å². The van der Waals surface area contributed by atoms with E-state index in [4.69, 9.17) is 4.74 Å². The zero-order valence-electron chi connectivity index (χ0n) is 9.87. The van der Waals surface area contributed by atoms with Crippen LogP contribution in [0.5, 0.6) is 0 Å². The highest BCUT2D eigenvalue weighted by molar-refractivity contribution is 5.82. The molecule has 0 aliphatic carbocycles. The van der Waals surface area contributed by atoms with Gasteiger partial charge in [0.15, 0.2) is 0 Å². The van der Waals surface area contributed by atoms with E-state index in [-0.39, 0.29) is 11.9 Å². The van der Waals surface area contributed by atoms with Crippen molar-refractivity contribution in [2.24, 2.45) is 0 Å². The first-order chi connectivity index (χ1) is 7.75. The van der Waals surface area contributed by atoms with Crippen molar-refractivity contribution in [3.05, 3.63) is 0 Å². The molecule has 2 saturated heterocycles. The maximum absolute atomic E-state index is 12.0. The van der Waals surface area contributed by atoms with Gasteiger partial charge in [-0.15, -0.1) is 0 Å². The molecule has 5 nitrogen and oxygen atoms in total. The molecule has 1 amide bonds. The van der Waals surface area contributed by atoms with Gasteiger partial charge in [0.1, 0.15) is 0 Å². The summed E-state index contributed by atoms with van der Waals surface area (Å²) >= 11 is 0. The number of amides is 1. The van der Waals surface area contributed by atoms with Gasteiger partial charge in [-0.05, 0) is 19.9 Å². The predicted molar refractivity (Wildman–Crippen MR) is 61.3 cm³/mol. The third-order valence-electron chi connectivity index (χ3n) is 3.26. The molecule has 2 fully saturated rings. The number of rotatable bonds is 2. The SMILES string of the molecule is CN1CCNC(C(=O)NC2CCOCC2)C1. The van der Waals surface area contributed by atoms with Gasteiger partial charge in [-0.3, -0.25) is 4.79 Å². The van der Waals surface area contributed by atoms with Gasteiger partial charge in [0.05, 0.1) is 6.04 Å². The number of likely N-dealkylation sites (N-methyl/N-ethyl adjacent to an activating group) is 1. The summed E-state index contributed by atoms with van der Waals surface area (Å²) < 4.78 is 5.27. The summed E-state index contributed by atoms with van der Waals surface area (Å²) in [5, 5.41) is 6.35. The molecule has 2 rings (SSSR count). The van der Waals surface area contributed by atoms with Crippen LogP contribution in [0.2, 0.25) is 0 Å². The second kappa shape index (κ2) is 5.61. The van der Waals surface area contributed by atoms with Gasteiger partial charge in [0.25, 0.3) is 0 Å². The lowest BCUT2D eigenvalue weighted by atomic mass is 10.1. The molecule has 1 unspecified atom stereocenters. The topological polar surface area (TPSA) is 53.6 Å². The average molecular weight is 227 g/mol. The molecule has 0 saturated carbocycles. The van der Waals surface area contributed by atoms with Crippen molar-refractivity contribution in [2.75, 3.05) is 39.9 Å². The highest BCUT2D eigenvalue weighted by Crippen LogP contribution is 2.07. The highest BCUT2D eigenvalue weighted by Gasteiger charge is 2.25. The van der Waals surface area contributed by atoms with Gasteiger partial charge in [-0.1, -0.05) is 0 Å². The molecule has 1 atom stereocenters. The summed E-state index contributed by atoms with van der Waals surface area (Å²) in [6.45, 7) is 4.24. The lowest BCUT2D eigenvalue weighted by molar-refractivity contribution is -0.125. The number of hydrogen-bond donors (Lipinski definition) is 2. The smallest absolute Gasteiger partial charge is 0.238 e. The molecule has 2 aliphatic rings. The molecule has 2 aliphatic heterocycles. The van der Waals surface area contributed by atoms with Crippen LogP contribution in [-0.2, 0) is 9.53 Å². The van der Waals surface area contributed by atoms with E-state index in [0.717, 1.165) is 45.7 Å². The van der Waals surface area contributed by atoms with Crippen LogP contribution in [0.4, 0.5) is 0 Å². The quantitative estimate of drug-likeness (QED) is 0.647. The fourth-order valence-corrected chi connectivity index (χ4v) is 2.22. The summed E-state index contributed by atoms with van der Waals surface area (Å²) in [4.78, 5) is 14.2. The van der Waals surface area contributed by atoms with E-state index in [0.29, 0.717) is 6.04 Å². The van der Waals surface area contributed by atoms with Crippen LogP contribution in [0.3, 0.4) is 0 Å². The Hall–Kier alpha value is -0.650. The Morgan fingerprint density at radius 1 is 1.44 bits per heavy atom. The fourth-order valence-electron chi connectivity index (χ4n) is 2.22. The Morgan fingerprint density at radius 3 is 2.88 bits per heavy atom. The molecule has 0 radical (unpaired) electrons. The zero-order valence-corrected chi connectivity index (χ0v) is 9.87. The molecule has 0 aromatic carbocycles. The van der Waals surface area contributed by atoms with E-state index in [9.17, 15) is 4.79 Å². The third-order valence-corrected chi connectivity index (χ3v) is 3.26. The van der Waals surface area contributed by atoms with Gasteiger partial charge in [-0.2, -0.15) is 0 Å². The minimum Gasteiger partial charge on any atom is -0.381 e. The standard InChI is InChI=1S/C11H21N3O2/c1-14-5-4-12-10(8-14)11(15)13-9-2-6-16-7-3-9/h9-10,12H,2-8H2,1H3,(H,13,15). The molecule has 0 aromatic heterocycles. The van der Waals surface area contributed by atoms with Crippen molar-refractivity contribution in [2.45, 2.75) is 24.9 Å². The predicted octanol–water partition coefficient (Wildman–Crippen LogP) is -0.815. The molecular weight excluding hydrogens is 206 g/mol. The number of carbonyl (C=O) groups excluding carboxylic acids is 1. The van der Waals surface area contributed by atoms with Gasteiger partial charge in [-0.25, -0.2) is 0 Å². The third kappa shape index (κ3) is 3.17. The summed E-state index contributed by atoms with van der Waals surface area (Å²) in [5.74, 6) is 0.137. The monoisotopic (exact) mass is 227 g/mol. The van der Waals surface area contributed by atoms with Crippen molar-refractivity contribution >= 4 is 5.91 Å². The number of piperazine rings is 1. The van der Waals surface area contributed by atoms with E-state index >= 15 is 0 Å². The Balaban J connectivity index is 1.77. The van der Waals surface area contributed by atoms with Crippen molar-refractivity contribution in [1.29, 1.82) is 0 Å². The van der Waals surface area contributed by atoms with E-state index in [1.54, 1.807) is 0 Å². The van der Waals surface area contributed by atoms with Crippen LogP contribution >= 0.6 is 0 Å². The largest absolute Gasteiger partial charge is 0.381 e. The van der Waals surface area contributed by atoms with Crippen molar-refractivity contribution in [3.63, 3.8) is 0 Å². The molecule has 0 spiro atoms. The van der Waals surface area contributed by atoms with Gasteiger partial charge in [0, 0.05) is 38.9 Å². The summed E-state index contributed by atoms with van der Waals surface area (Å²) in [6, 6.07) is 0.247. The van der Waals surface area contributed by atoms with Crippen LogP contribution in [0.15, 0.2) is 0 Å². The van der Waals surface area contributed by atoms with E-state index in [1.807, 2.05) is 0 Å². The van der Waals surface area contributed by atoms with E-state index in [2.05, 4.69) is 22.6 Å². The van der Waals surface area contributed by atoms with Gasteiger partial charge in [0.2, 0.25) is 5.91 Å². The molecule has 5 heteroatoms. The van der Waals surface area contributed by atoms with Crippen molar-refractivity contribution in [3.8, 4) is 0 Å². The number of carbonyl (C=O) groups is 1. The second-order valence-corrected chi connectivity index (χ2v) is 4.66. The number of hydrogen-bond acceptors (Lipinski definition) is 4. The number of nitrogens with one attached hydrogen (secondary N) is 2. The number of ether oxygens (including phenoxy) is 1. The zero-order chi connectivity index (χ0) is 11.4. The average Bonchev–Trinajstić information content (AvgIpc) is 2.30. The fraction of sp³-hybridized carbons (Fsp3) is 0.909. The molecule has 2 heterocycles. The molecule has 2 N–H and O–H groups in total. The molecule has 0 bridgehead atoms. The Morgan fingerprint density at radius 2 is 2.19 bits per heavy atom. The first-order valence-corrected chi connectivity index (χ1v) is 6.06. The van der Waals surface area contributed by atoms with Crippen LogP contribution in [-0.4, -0.2) is 62.8 Å².